The zero-order chi connectivity index (χ0) is 17.9. The van der Waals surface area contributed by atoms with Crippen LogP contribution in [0.15, 0.2) is 34.1 Å². The molecule has 0 aromatic heterocycles. The largest absolute Gasteiger partial charge is 0.548 e. The third-order valence-electron chi connectivity index (χ3n) is 3.50. The van der Waals surface area contributed by atoms with Crippen molar-refractivity contribution in [2.24, 2.45) is 5.92 Å². The summed E-state index contributed by atoms with van der Waals surface area (Å²) in [6.45, 7) is 3.14. The molecule has 130 valence electrons. The number of amides is 1. The van der Waals surface area contributed by atoms with Crippen LogP contribution >= 0.6 is 0 Å². The van der Waals surface area contributed by atoms with Gasteiger partial charge in [-0.25, -0.2) is 13.2 Å². The Morgan fingerprint density at radius 3 is 2.50 bits per heavy atom. The van der Waals surface area contributed by atoms with E-state index in [1.807, 2.05) is 0 Å². The number of rotatable bonds is 6. The molecule has 2 rings (SSSR count). The summed E-state index contributed by atoms with van der Waals surface area (Å²) in [5.41, 5.74) is 0.531. The van der Waals surface area contributed by atoms with Crippen LogP contribution in [0.25, 0.3) is 6.08 Å². The van der Waals surface area contributed by atoms with E-state index in [9.17, 15) is 23.1 Å². The van der Waals surface area contributed by atoms with Gasteiger partial charge in [-0.15, -0.1) is 0 Å². The number of hydrogen-bond donors (Lipinski definition) is 1. The van der Waals surface area contributed by atoms with Crippen LogP contribution in [0.1, 0.15) is 25.8 Å². The average molecular weight is 352 g/mol. The van der Waals surface area contributed by atoms with Crippen molar-refractivity contribution in [3.63, 3.8) is 0 Å². The molecule has 8 heteroatoms. The number of fused-ring (bicyclic) bond motifs is 1. The fraction of sp³-hybridized carbons (Fsp3) is 0.375. The van der Waals surface area contributed by atoms with E-state index in [1.54, 1.807) is 32.0 Å². The average Bonchev–Trinajstić information content (AvgIpc) is 2.75. The number of alkyl carbamates (subject to hydrolysis) is 1. The normalized spacial score (nSPS) is 16.2. The first kappa shape index (κ1) is 18.0. The quantitative estimate of drug-likeness (QED) is 0.806. The first-order valence-corrected chi connectivity index (χ1v) is 8.89. The molecule has 1 aliphatic rings. The van der Waals surface area contributed by atoms with Gasteiger partial charge in [0.2, 0.25) is 9.84 Å². The van der Waals surface area contributed by atoms with Crippen molar-refractivity contribution in [2.45, 2.75) is 31.2 Å². The Balaban J connectivity index is 1.99. The summed E-state index contributed by atoms with van der Waals surface area (Å²) in [7, 11) is -3.68. The van der Waals surface area contributed by atoms with Gasteiger partial charge in [0.05, 0.1) is 21.8 Å². The van der Waals surface area contributed by atoms with Crippen LogP contribution in [0.5, 0.6) is 0 Å². The molecular weight excluding hydrogens is 334 g/mol. The molecule has 1 N–H and O–H groups in total. The summed E-state index contributed by atoms with van der Waals surface area (Å²) < 4.78 is 29.4. The molecule has 1 atom stereocenters. The molecule has 1 aromatic carbocycles. The van der Waals surface area contributed by atoms with E-state index < -0.39 is 34.5 Å². The summed E-state index contributed by atoms with van der Waals surface area (Å²) in [6.07, 6.45) is 0.614. The summed E-state index contributed by atoms with van der Waals surface area (Å²) in [4.78, 5) is 22.8. The lowest BCUT2D eigenvalue weighted by Gasteiger charge is -2.21. The Morgan fingerprint density at radius 2 is 1.92 bits per heavy atom. The van der Waals surface area contributed by atoms with Gasteiger partial charge in [-0.1, -0.05) is 32.0 Å². The molecule has 1 aromatic rings. The van der Waals surface area contributed by atoms with Crippen LogP contribution in [0, 0.1) is 5.92 Å². The SMILES string of the molecule is CC(C)C[C@H](NC(=O)OCC1=Cc2ccccc2S1(=O)=O)C(=O)[O-]. The number of carboxylic acid groups (broad SMARTS) is 1. The van der Waals surface area contributed by atoms with Crippen LogP contribution in [-0.2, 0) is 19.4 Å². The summed E-state index contributed by atoms with van der Waals surface area (Å²) in [5, 5.41) is 13.2. The number of nitrogens with one attached hydrogen (secondary N) is 1. The zero-order valence-electron chi connectivity index (χ0n) is 13.3. The summed E-state index contributed by atoms with van der Waals surface area (Å²) >= 11 is 0. The molecule has 1 amide bonds. The molecule has 1 heterocycles. The molecule has 0 spiro atoms. The van der Waals surface area contributed by atoms with Crippen LogP contribution in [0.2, 0.25) is 0 Å². The van der Waals surface area contributed by atoms with Crippen molar-refractivity contribution in [2.75, 3.05) is 6.61 Å². The summed E-state index contributed by atoms with van der Waals surface area (Å²) in [6, 6.07) is 5.25. The number of benzene rings is 1. The molecule has 7 nitrogen and oxygen atoms in total. The van der Waals surface area contributed by atoms with Gasteiger partial charge >= 0.3 is 6.09 Å². The minimum absolute atomic E-state index is 0.0283. The number of hydrogen-bond acceptors (Lipinski definition) is 6. The zero-order valence-corrected chi connectivity index (χ0v) is 14.1. The van der Waals surface area contributed by atoms with Crippen molar-refractivity contribution in [3.05, 3.63) is 34.7 Å². The van der Waals surface area contributed by atoms with E-state index in [0.29, 0.717) is 5.56 Å². The van der Waals surface area contributed by atoms with Gasteiger partial charge in [0.25, 0.3) is 0 Å². The third kappa shape index (κ3) is 3.94. The molecular formula is C16H18NO6S-. The smallest absolute Gasteiger partial charge is 0.408 e. The molecule has 1 aliphatic heterocycles. The van der Waals surface area contributed by atoms with Crippen LogP contribution in [-0.4, -0.2) is 33.1 Å². The highest BCUT2D eigenvalue weighted by molar-refractivity contribution is 7.95. The number of carboxylic acids is 1. The van der Waals surface area contributed by atoms with E-state index in [1.165, 1.54) is 12.1 Å². The minimum Gasteiger partial charge on any atom is -0.548 e. The van der Waals surface area contributed by atoms with E-state index in [2.05, 4.69) is 5.32 Å². The Morgan fingerprint density at radius 1 is 1.25 bits per heavy atom. The second-order valence-corrected chi connectivity index (χ2v) is 7.84. The lowest BCUT2D eigenvalue weighted by molar-refractivity contribution is -0.308. The van der Waals surface area contributed by atoms with Gasteiger partial charge in [-0.2, -0.15) is 0 Å². The summed E-state index contributed by atoms with van der Waals surface area (Å²) in [5.74, 6) is -1.39. The predicted octanol–water partition coefficient (Wildman–Crippen LogP) is 0.706. The van der Waals surface area contributed by atoms with Crippen LogP contribution in [0.3, 0.4) is 0 Å². The molecule has 24 heavy (non-hydrogen) atoms. The Kier molecular flexibility index (Phi) is 5.28. The molecule has 0 saturated carbocycles. The highest BCUT2D eigenvalue weighted by Crippen LogP contribution is 2.32. The van der Waals surface area contributed by atoms with Crippen LogP contribution in [0.4, 0.5) is 4.79 Å². The molecule has 0 bridgehead atoms. The third-order valence-corrected chi connectivity index (χ3v) is 5.38. The topological polar surface area (TPSA) is 113 Å². The molecule has 0 radical (unpaired) electrons. The van der Waals surface area contributed by atoms with Crippen molar-refractivity contribution in [3.8, 4) is 0 Å². The van der Waals surface area contributed by atoms with E-state index in [4.69, 9.17) is 4.74 Å². The van der Waals surface area contributed by atoms with Gasteiger partial charge in [-0.3, -0.25) is 0 Å². The van der Waals surface area contributed by atoms with Crippen LogP contribution < -0.4 is 10.4 Å². The fourth-order valence-corrected chi connectivity index (χ4v) is 3.84. The lowest BCUT2D eigenvalue weighted by atomic mass is 10.0. The standard InChI is InChI=1S/C16H19NO6S/c1-10(2)7-13(15(18)19)17-16(20)23-9-12-8-11-5-3-4-6-14(11)24(12,21)22/h3-6,8,10,13H,7,9H2,1-2H3,(H,17,20)(H,18,19)/p-1/t13-/m0/s1. The maximum atomic E-state index is 12.3. The van der Waals surface area contributed by atoms with Crippen molar-refractivity contribution < 1.29 is 27.9 Å². The maximum Gasteiger partial charge on any atom is 0.408 e. The van der Waals surface area contributed by atoms with Gasteiger partial charge < -0.3 is 20.0 Å². The van der Waals surface area contributed by atoms with Crippen molar-refractivity contribution in [1.29, 1.82) is 0 Å². The van der Waals surface area contributed by atoms with Crippen molar-refractivity contribution in [1.82, 2.24) is 5.32 Å². The molecule has 0 saturated heterocycles. The number of ether oxygens (including phenoxy) is 1. The van der Waals surface area contributed by atoms with E-state index in [0.717, 1.165) is 0 Å². The lowest BCUT2D eigenvalue weighted by Crippen LogP contribution is -2.48. The minimum atomic E-state index is -3.68. The number of carbonyl (C=O) groups excluding carboxylic acids is 2. The van der Waals surface area contributed by atoms with E-state index >= 15 is 0 Å². The second kappa shape index (κ2) is 7.04. The predicted molar refractivity (Wildman–Crippen MR) is 84.3 cm³/mol. The Bertz CT molecular complexity index is 782. The van der Waals surface area contributed by atoms with Gasteiger partial charge in [0, 0.05) is 0 Å². The first-order valence-electron chi connectivity index (χ1n) is 7.40. The maximum absolute atomic E-state index is 12.3. The van der Waals surface area contributed by atoms with Gasteiger partial charge in [0.1, 0.15) is 6.61 Å². The highest BCUT2D eigenvalue weighted by atomic mass is 32.2. The van der Waals surface area contributed by atoms with Crippen molar-refractivity contribution >= 4 is 28.0 Å². The number of carbonyl (C=O) groups is 2. The highest BCUT2D eigenvalue weighted by Gasteiger charge is 2.30. The molecule has 0 aliphatic carbocycles. The van der Waals surface area contributed by atoms with E-state index in [-0.39, 0.29) is 22.1 Å². The number of aliphatic carboxylic acids is 1. The second-order valence-electron chi connectivity index (χ2n) is 5.87. The van der Waals surface area contributed by atoms with Gasteiger partial charge in [-0.05, 0) is 30.0 Å². The molecule has 0 unspecified atom stereocenters. The number of sulfone groups is 1. The molecule has 0 fully saturated rings. The monoisotopic (exact) mass is 352 g/mol. The Labute approximate surface area is 140 Å². The van der Waals surface area contributed by atoms with Gasteiger partial charge in [0.15, 0.2) is 0 Å². The first-order chi connectivity index (χ1) is 11.2. The Hall–Kier alpha value is -2.35. The fourth-order valence-electron chi connectivity index (χ4n) is 2.36.